The third kappa shape index (κ3) is 3.33. The number of nitrogens with zero attached hydrogens (tertiary/aromatic N) is 2. The molecule has 4 nitrogen and oxygen atoms in total. The Bertz CT molecular complexity index is 356. The molecule has 2 rings (SSSR count). The Kier molecular flexibility index (Phi) is 3.84. The van der Waals surface area contributed by atoms with Crippen LogP contribution >= 0.6 is 0 Å². The third-order valence-corrected chi connectivity index (χ3v) is 3.38. The van der Waals surface area contributed by atoms with Gasteiger partial charge in [0.1, 0.15) is 5.82 Å². The van der Waals surface area contributed by atoms with E-state index >= 15 is 0 Å². The molecule has 1 aromatic heterocycles. The molecule has 94 valence electrons. The summed E-state index contributed by atoms with van der Waals surface area (Å²) in [4.78, 5) is 6.45. The van der Waals surface area contributed by atoms with E-state index in [0.717, 1.165) is 31.5 Å². The fourth-order valence-corrected chi connectivity index (χ4v) is 2.25. The fourth-order valence-electron chi connectivity index (χ4n) is 2.25. The lowest BCUT2D eigenvalue weighted by Gasteiger charge is -2.27. The Balaban J connectivity index is 1.96. The van der Waals surface area contributed by atoms with Crippen LogP contribution in [0.3, 0.4) is 0 Å². The van der Waals surface area contributed by atoms with Crippen molar-refractivity contribution in [2.45, 2.75) is 37.8 Å². The number of aromatic nitrogens is 1. The molecular formula is C13H22N4. The van der Waals surface area contributed by atoms with Crippen LogP contribution in [0.4, 0.5) is 11.5 Å². The van der Waals surface area contributed by atoms with Gasteiger partial charge in [0.05, 0.1) is 0 Å². The summed E-state index contributed by atoms with van der Waals surface area (Å²) in [6.45, 7) is 0. The highest BCUT2D eigenvalue weighted by atomic mass is 15.1. The zero-order chi connectivity index (χ0) is 12.3. The number of nitrogens with one attached hydrogen (secondary N) is 1. The van der Waals surface area contributed by atoms with Crippen molar-refractivity contribution in [2.24, 2.45) is 5.73 Å². The summed E-state index contributed by atoms with van der Waals surface area (Å²) in [6, 6.07) is 5.03. The quantitative estimate of drug-likeness (QED) is 0.838. The molecule has 1 fully saturated rings. The van der Waals surface area contributed by atoms with Gasteiger partial charge in [0.15, 0.2) is 0 Å². The largest absolute Gasteiger partial charge is 0.378 e. The summed E-state index contributed by atoms with van der Waals surface area (Å²) >= 11 is 0. The van der Waals surface area contributed by atoms with Crippen molar-refractivity contribution in [3.63, 3.8) is 0 Å². The van der Waals surface area contributed by atoms with Crippen LogP contribution in [0.2, 0.25) is 0 Å². The Labute approximate surface area is 103 Å². The van der Waals surface area contributed by atoms with E-state index in [2.05, 4.69) is 21.3 Å². The molecule has 0 saturated heterocycles. The zero-order valence-corrected chi connectivity index (χ0v) is 10.7. The average Bonchev–Trinajstić information content (AvgIpc) is 2.32. The molecule has 0 spiro atoms. The number of rotatable bonds is 3. The lowest BCUT2D eigenvalue weighted by molar-refractivity contribution is 0.410. The van der Waals surface area contributed by atoms with Gasteiger partial charge in [-0.25, -0.2) is 4.98 Å². The van der Waals surface area contributed by atoms with Gasteiger partial charge in [-0.1, -0.05) is 0 Å². The second-order valence-electron chi connectivity index (χ2n) is 5.05. The normalized spacial score (nSPS) is 24.4. The van der Waals surface area contributed by atoms with E-state index in [4.69, 9.17) is 5.73 Å². The first-order valence-corrected chi connectivity index (χ1v) is 6.30. The Morgan fingerprint density at radius 1 is 1.29 bits per heavy atom. The first kappa shape index (κ1) is 12.2. The molecule has 0 bridgehead atoms. The third-order valence-electron chi connectivity index (χ3n) is 3.38. The molecular weight excluding hydrogens is 212 g/mol. The van der Waals surface area contributed by atoms with Crippen LogP contribution in [-0.4, -0.2) is 31.2 Å². The summed E-state index contributed by atoms with van der Waals surface area (Å²) in [5, 5.41) is 3.50. The topological polar surface area (TPSA) is 54.2 Å². The first-order chi connectivity index (χ1) is 8.15. The molecule has 0 aliphatic heterocycles. The molecule has 1 heterocycles. The predicted octanol–water partition coefficient (Wildman–Crippen LogP) is 1.83. The number of anilines is 2. The molecule has 0 aromatic carbocycles. The van der Waals surface area contributed by atoms with Crippen molar-refractivity contribution in [2.75, 3.05) is 24.3 Å². The van der Waals surface area contributed by atoms with E-state index in [1.54, 1.807) is 0 Å². The van der Waals surface area contributed by atoms with Gasteiger partial charge in [-0.15, -0.1) is 0 Å². The first-order valence-electron chi connectivity index (χ1n) is 6.30. The lowest BCUT2D eigenvalue weighted by Crippen LogP contribution is -2.33. The summed E-state index contributed by atoms with van der Waals surface area (Å²) in [5.74, 6) is 0.969. The van der Waals surface area contributed by atoms with Crippen LogP contribution in [0, 0.1) is 0 Å². The molecule has 1 aliphatic carbocycles. The minimum atomic E-state index is 0.397. The highest BCUT2D eigenvalue weighted by Gasteiger charge is 2.18. The number of hydrogen-bond acceptors (Lipinski definition) is 4. The van der Waals surface area contributed by atoms with Crippen molar-refractivity contribution in [1.29, 1.82) is 0 Å². The molecule has 1 saturated carbocycles. The number of pyridine rings is 1. The second-order valence-corrected chi connectivity index (χ2v) is 5.05. The predicted molar refractivity (Wildman–Crippen MR) is 72.4 cm³/mol. The van der Waals surface area contributed by atoms with Gasteiger partial charge in [0.25, 0.3) is 0 Å². The molecule has 0 radical (unpaired) electrons. The maximum Gasteiger partial charge on any atom is 0.128 e. The molecule has 17 heavy (non-hydrogen) atoms. The van der Waals surface area contributed by atoms with Crippen LogP contribution < -0.4 is 16.0 Å². The Morgan fingerprint density at radius 3 is 2.65 bits per heavy atom. The monoisotopic (exact) mass is 234 g/mol. The lowest BCUT2D eigenvalue weighted by atomic mass is 9.92. The van der Waals surface area contributed by atoms with Crippen molar-refractivity contribution in [3.05, 3.63) is 18.3 Å². The molecule has 0 atom stereocenters. The standard InChI is InChI=1S/C13H22N4/c1-17(2)12-7-8-15-13(9-12)16-11-5-3-10(14)4-6-11/h7-11H,3-6,14H2,1-2H3,(H,15,16)/t10-,11+. The minimum Gasteiger partial charge on any atom is -0.378 e. The van der Waals surface area contributed by atoms with Crippen molar-refractivity contribution in [3.8, 4) is 0 Å². The van der Waals surface area contributed by atoms with Gasteiger partial charge < -0.3 is 16.0 Å². The van der Waals surface area contributed by atoms with Gasteiger partial charge in [0.2, 0.25) is 0 Å². The van der Waals surface area contributed by atoms with Crippen molar-refractivity contribution >= 4 is 11.5 Å². The van der Waals surface area contributed by atoms with Gasteiger partial charge in [-0.2, -0.15) is 0 Å². The second kappa shape index (κ2) is 5.36. The Hall–Kier alpha value is -1.29. The van der Waals surface area contributed by atoms with E-state index in [0.29, 0.717) is 12.1 Å². The molecule has 1 aliphatic rings. The molecule has 3 N–H and O–H groups in total. The maximum absolute atomic E-state index is 5.90. The molecule has 1 aromatic rings. The van der Waals surface area contributed by atoms with Crippen LogP contribution in [0.5, 0.6) is 0 Å². The van der Waals surface area contributed by atoms with E-state index in [-0.39, 0.29) is 0 Å². The highest BCUT2D eigenvalue weighted by molar-refractivity contribution is 5.53. The van der Waals surface area contributed by atoms with Gasteiger partial charge in [-0.05, 0) is 31.7 Å². The number of nitrogens with two attached hydrogens (primary N) is 1. The summed E-state index contributed by atoms with van der Waals surface area (Å²) in [7, 11) is 4.08. The zero-order valence-electron chi connectivity index (χ0n) is 10.7. The van der Waals surface area contributed by atoms with Crippen LogP contribution in [0.15, 0.2) is 18.3 Å². The van der Waals surface area contributed by atoms with Crippen molar-refractivity contribution in [1.82, 2.24) is 4.98 Å². The average molecular weight is 234 g/mol. The highest BCUT2D eigenvalue weighted by Crippen LogP contribution is 2.22. The maximum atomic E-state index is 5.90. The van der Waals surface area contributed by atoms with E-state index in [1.807, 2.05) is 26.4 Å². The Morgan fingerprint density at radius 2 is 2.00 bits per heavy atom. The number of hydrogen-bond donors (Lipinski definition) is 2. The minimum absolute atomic E-state index is 0.397. The van der Waals surface area contributed by atoms with E-state index in [1.165, 1.54) is 5.69 Å². The van der Waals surface area contributed by atoms with Gasteiger partial charge >= 0.3 is 0 Å². The summed E-state index contributed by atoms with van der Waals surface area (Å²) in [5.41, 5.74) is 7.08. The van der Waals surface area contributed by atoms with Crippen molar-refractivity contribution < 1.29 is 0 Å². The van der Waals surface area contributed by atoms with E-state index in [9.17, 15) is 0 Å². The molecule has 0 amide bonds. The smallest absolute Gasteiger partial charge is 0.128 e. The van der Waals surface area contributed by atoms with Crippen LogP contribution in [0.1, 0.15) is 25.7 Å². The van der Waals surface area contributed by atoms with E-state index < -0.39 is 0 Å². The summed E-state index contributed by atoms with van der Waals surface area (Å²) in [6.07, 6.45) is 6.38. The SMILES string of the molecule is CN(C)c1ccnc(N[C@H]2CC[C@@H](N)CC2)c1. The fraction of sp³-hybridized carbons (Fsp3) is 0.615. The molecule has 4 heteroatoms. The van der Waals surface area contributed by atoms with Crippen LogP contribution in [0.25, 0.3) is 0 Å². The summed E-state index contributed by atoms with van der Waals surface area (Å²) < 4.78 is 0. The van der Waals surface area contributed by atoms with Crippen LogP contribution in [-0.2, 0) is 0 Å². The van der Waals surface area contributed by atoms with Gasteiger partial charge in [-0.3, -0.25) is 0 Å². The molecule has 0 unspecified atom stereocenters. The van der Waals surface area contributed by atoms with Gasteiger partial charge in [0, 0.05) is 44.1 Å².